The van der Waals surface area contributed by atoms with Gasteiger partial charge >= 0.3 is 18.5 Å². The highest BCUT2D eigenvalue weighted by Gasteiger charge is 2.54. The molecule has 224 valence electrons. The van der Waals surface area contributed by atoms with Gasteiger partial charge in [-0.25, -0.2) is 8.78 Å². The first-order valence-corrected chi connectivity index (χ1v) is 12.0. The van der Waals surface area contributed by atoms with Crippen molar-refractivity contribution in [2.24, 2.45) is 5.41 Å². The first kappa shape index (κ1) is 32.4. The van der Waals surface area contributed by atoms with Crippen LogP contribution in [0.4, 0.5) is 48.3 Å². The maximum Gasteiger partial charge on any atom is 0.417 e. The van der Waals surface area contributed by atoms with E-state index in [0.717, 1.165) is 19.2 Å². The highest BCUT2D eigenvalue weighted by molar-refractivity contribution is 6.30. The van der Waals surface area contributed by atoms with Gasteiger partial charge in [0.25, 0.3) is 0 Å². The number of carbonyl (C=O) groups excluding carboxylic acids is 2. The van der Waals surface area contributed by atoms with Crippen LogP contribution in [-0.4, -0.2) is 42.5 Å². The number of carbonyl (C=O) groups is 2. The number of rotatable bonds is 8. The minimum absolute atomic E-state index is 0.0549. The first-order chi connectivity index (χ1) is 18.6. The van der Waals surface area contributed by atoms with E-state index in [1.807, 2.05) is 0 Å². The van der Waals surface area contributed by atoms with E-state index in [0.29, 0.717) is 23.1 Å². The molecule has 2 aromatic rings. The summed E-state index contributed by atoms with van der Waals surface area (Å²) in [6.07, 6.45) is -16.3. The Balaban J connectivity index is 1.95. The molecule has 0 radical (unpaired) electrons. The van der Waals surface area contributed by atoms with Crippen LogP contribution in [0.1, 0.15) is 52.2 Å². The van der Waals surface area contributed by atoms with Gasteiger partial charge in [-0.15, -0.1) is 0 Å². The third-order valence-electron chi connectivity index (χ3n) is 6.44. The summed E-state index contributed by atoms with van der Waals surface area (Å²) in [5.41, 5.74) is -6.18. The van der Waals surface area contributed by atoms with E-state index in [-0.39, 0.29) is 25.0 Å². The predicted molar refractivity (Wildman–Crippen MR) is 125 cm³/mol. The molecule has 0 aliphatic heterocycles. The monoisotopic (exact) mass is 621 g/mol. The van der Waals surface area contributed by atoms with Crippen molar-refractivity contribution in [3.8, 4) is 0 Å². The second kappa shape index (κ2) is 11.3. The normalized spacial score (nSPS) is 16.4. The summed E-state index contributed by atoms with van der Waals surface area (Å²) in [6.45, 7) is -1.64. The summed E-state index contributed by atoms with van der Waals surface area (Å²) >= 11 is 5.46. The number of benzene rings is 2. The average molecular weight is 622 g/mol. The van der Waals surface area contributed by atoms with E-state index in [9.17, 15) is 57.9 Å². The van der Waals surface area contributed by atoms with Crippen molar-refractivity contribution >= 4 is 29.1 Å². The Bertz CT molecular complexity index is 1360. The fourth-order valence-corrected chi connectivity index (χ4v) is 4.38. The van der Waals surface area contributed by atoms with E-state index in [1.54, 1.807) is 0 Å². The Labute approximate surface area is 230 Å². The molecular weight excluding hydrogens is 603 g/mol. The minimum Gasteiger partial charge on any atom is -0.336 e. The zero-order valence-corrected chi connectivity index (χ0v) is 21.5. The van der Waals surface area contributed by atoms with Gasteiger partial charge in [-0.3, -0.25) is 9.59 Å². The van der Waals surface area contributed by atoms with Crippen LogP contribution in [0.25, 0.3) is 5.83 Å². The smallest absolute Gasteiger partial charge is 0.336 e. The molecule has 1 unspecified atom stereocenters. The Morgan fingerprint density at radius 2 is 1.61 bits per heavy atom. The molecule has 3 rings (SSSR count). The van der Waals surface area contributed by atoms with Crippen molar-refractivity contribution in [1.29, 1.82) is 0 Å². The van der Waals surface area contributed by atoms with Crippen LogP contribution in [-0.2, 0) is 11.0 Å². The zero-order chi connectivity index (χ0) is 31.1. The fourth-order valence-electron chi connectivity index (χ4n) is 4.26. The number of hydrogen-bond acceptors (Lipinski definition) is 2. The fraction of sp³-hybridized carbons (Fsp3) is 0.385. The standard InChI is InChI=1S/C26H19ClF11NO2/c1-39(12-24(30,31)32)22(41)23(6-7-23)11-21(40)15-4-2-14(8-17(15)26(36,37)38)19(28)10-16(25(33,34)35)13-3-5-18(27)20(29)9-13/h2-5,8-10,16H,6-7,11-12H2,1H3/b19-10-. The van der Waals surface area contributed by atoms with E-state index in [2.05, 4.69) is 0 Å². The van der Waals surface area contributed by atoms with Gasteiger partial charge in [0.05, 0.1) is 16.0 Å². The molecule has 1 aliphatic rings. The summed E-state index contributed by atoms with van der Waals surface area (Å²) < 4.78 is 149. The Hall–Kier alpha value is -3.16. The Morgan fingerprint density at radius 3 is 2.10 bits per heavy atom. The summed E-state index contributed by atoms with van der Waals surface area (Å²) in [5, 5.41) is -0.518. The molecule has 0 bridgehead atoms. The van der Waals surface area contributed by atoms with Crippen LogP contribution in [0.5, 0.6) is 0 Å². The molecule has 0 aromatic heterocycles. The highest BCUT2D eigenvalue weighted by atomic mass is 35.5. The van der Waals surface area contributed by atoms with Gasteiger partial charge in [-0.2, -0.15) is 39.5 Å². The summed E-state index contributed by atoms with van der Waals surface area (Å²) in [6, 6.07) is 3.18. The van der Waals surface area contributed by atoms with Crippen LogP contribution in [0, 0.1) is 11.2 Å². The average Bonchev–Trinajstić information content (AvgIpc) is 3.61. The zero-order valence-electron chi connectivity index (χ0n) is 20.7. The van der Waals surface area contributed by atoms with Crippen LogP contribution >= 0.6 is 11.6 Å². The van der Waals surface area contributed by atoms with Crippen molar-refractivity contribution < 1.29 is 57.9 Å². The molecule has 1 atom stereocenters. The lowest BCUT2D eigenvalue weighted by molar-refractivity contribution is -0.161. The number of halogens is 12. The van der Waals surface area contributed by atoms with Crippen molar-refractivity contribution in [2.45, 2.75) is 43.7 Å². The second-order valence-electron chi connectivity index (χ2n) is 9.62. The molecule has 1 fully saturated rings. The first-order valence-electron chi connectivity index (χ1n) is 11.6. The molecule has 1 aliphatic carbocycles. The quantitative estimate of drug-likeness (QED) is 0.219. The van der Waals surface area contributed by atoms with Gasteiger partial charge in [-0.05, 0) is 42.7 Å². The van der Waals surface area contributed by atoms with E-state index < -0.39 is 93.4 Å². The molecule has 3 nitrogen and oxygen atoms in total. The van der Waals surface area contributed by atoms with Gasteiger partial charge in [0, 0.05) is 24.6 Å². The molecule has 1 saturated carbocycles. The molecule has 1 amide bonds. The topological polar surface area (TPSA) is 37.4 Å². The van der Waals surface area contributed by atoms with Gasteiger partial charge in [0.1, 0.15) is 24.1 Å². The predicted octanol–water partition coefficient (Wildman–Crippen LogP) is 8.53. The summed E-state index contributed by atoms with van der Waals surface area (Å²) in [7, 11) is 0.831. The highest BCUT2D eigenvalue weighted by Crippen LogP contribution is 2.51. The largest absolute Gasteiger partial charge is 0.417 e. The van der Waals surface area contributed by atoms with Gasteiger partial charge in [0.2, 0.25) is 5.91 Å². The number of allylic oxidation sites excluding steroid dienone is 1. The number of hydrogen-bond donors (Lipinski definition) is 0. The van der Waals surface area contributed by atoms with Crippen molar-refractivity contribution in [1.82, 2.24) is 4.90 Å². The number of ketones is 1. The SMILES string of the molecule is CN(CC(F)(F)F)C(=O)C1(CC(=O)c2ccc(/C(F)=C/C(c3ccc(Cl)c(F)c3)C(F)(F)F)cc2C(F)(F)F)CC1. The van der Waals surface area contributed by atoms with E-state index in [1.165, 1.54) is 0 Å². The number of nitrogens with zero attached hydrogens (tertiary/aromatic N) is 1. The van der Waals surface area contributed by atoms with E-state index in [4.69, 9.17) is 11.6 Å². The van der Waals surface area contributed by atoms with Gasteiger partial charge in [0.15, 0.2) is 5.78 Å². The second-order valence-corrected chi connectivity index (χ2v) is 10.0. The summed E-state index contributed by atoms with van der Waals surface area (Å²) in [4.78, 5) is 25.6. The molecular formula is C26H19ClF11NO2. The Kier molecular flexibility index (Phi) is 8.88. The number of Topliss-reactive ketones (excluding diaryl/α,β-unsaturated/α-hetero) is 1. The molecule has 0 N–H and O–H groups in total. The molecule has 41 heavy (non-hydrogen) atoms. The van der Waals surface area contributed by atoms with Crippen LogP contribution in [0.2, 0.25) is 5.02 Å². The lowest BCUT2D eigenvalue weighted by Crippen LogP contribution is -2.41. The maximum absolute atomic E-state index is 14.9. The lowest BCUT2D eigenvalue weighted by atomic mass is 9.90. The van der Waals surface area contributed by atoms with E-state index >= 15 is 0 Å². The lowest BCUT2D eigenvalue weighted by Gasteiger charge is -2.24. The minimum atomic E-state index is -5.31. The van der Waals surface area contributed by atoms with Crippen molar-refractivity contribution in [3.05, 3.63) is 75.6 Å². The third kappa shape index (κ3) is 7.77. The molecule has 2 aromatic carbocycles. The Morgan fingerprint density at radius 1 is 1.00 bits per heavy atom. The summed E-state index contributed by atoms with van der Waals surface area (Å²) in [5.74, 6) is -8.15. The molecule has 0 spiro atoms. The number of amides is 1. The van der Waals surface area contributed by atoms with Crippen LogP contribution < -0.4 is 0 Å². The van der Waals surface area contributed by atoms with Gasteiger partial charge in [-0.1, -0.05) is 29.8 Å². The van der Waals surface area contributed by atoms with Crippen LogP contribution in [0.3, 0.4) is 0 Å². The van der Waals surface area contributed by atoms with Crippen molar-refractivity contribution in [2.75, 3.05) is 13.6 Å². The molecule has 15 heteroatoms. The molecule has 0 heterocycles. The van der Waals surface area contributed by atoms with Crippen LogP contribution in [0.15, 0.2) is 42.5 Å². The molecule has 0 saturated heterocycles. The number of alkyl halides is 9. The van der Waals surface area contributed by atoms with Gasteiger partial charge < -0.3 is 4.90 Å². The maximum atomic E-state index is 14.9. The third-order valence-corrected chi connectivity index (χ3v) is 6.75. The van der Waals surface area contributed by atoms with Crippen molar-refractivity contribution in [3.63, 3.8) is 0 Å².